The minimum atomic E-state index is -3.79. The van der Waals surface area contributed by atoms with Crippen molar-refractivity contribution in [2.45, 2.75) is 37.2 Å². The molecule has 7 heteroatoms. The van der Waals surface area contributed by atoms with E-state index >= 15 is 0 Å². The number of primary sulfonamides is 1. The predicted molar refractivity (Wildman–Crippen MR) is 103 cm³/mol. The van der Waals surface area contributed by atoms with Crippen molar-refractivity contribution in [3.05, 3.63) is 54.2 Å². The molecule has 6 nitrogen and oxygen atoms in total. The summed E-state index contributed by atoms with van der Waals surface area (Å²) in [4.78, 5) is 8.96. The number of benzene rings is 1. The highest BCUT2D eigenvalue weighted by atomic mass is 32.2. The van der Waals surface area contributed by atoms with Gasteiger partial charge in [-0.25, -0.2) is 18.5 Å². The zero-order valence-electron chi connectivity index (χ0n) is 15.1. The minimum absolute atomic E-state index is 0.103. The Kier molecular flexibility index (Phi) is 5.90. The third-order valence-corrected chi connectivity index (χ3v) is 5.74. The van der Waals surface area contributed by atoms with Gasteiger partial charge in [0.05, 0.1) is 0 Å². The maximum absolute atomic E-state index is 11.9. The lowest BCUT2D eigenvalue weighted by atomic mass is 10.0. The van der Waals surface area contributed by atoms with Crippen LogP contribution in [0.2, 0.25) is 0 Å². The van der Waals surface area contributed by atoms with Crippen LogP contribution in [0.15, 0.2) is 53.6 Å². The van der Waals surface area contributed by atoms with Gasteiger partial charge in [-0.3, -0.25) is 4.90 Å². The molecule has 2 N–H and O–H groups in total. The average molecular weight is 375 g/mol. The van der Waals surface area contributed by atoms with Crippen molar-refractivity contribution < 1.29 is 8.42 Å². The highest BCUT2D eigenvalue weighted by Gasteiger charge is 2.29. The van der Waals surface area contributed by atoms with E-state index in [1.54, 1.807) is 12.3 Å². The number of hydrogen-bond acceptors (Lipinski definition) is 5. The van der Waals surface area contributed by atoms with E-state index in [1.165, 1.54) is 11.6 Å². The molecular formula is C19H26N4O2S. The van der Waals surface area contributed by atoms with Gasteiger partial charge in [-0.2, -0.15) is 0 Å². The van der Waals surface area contributed by atoms with Crippen LogP contribution in [-0.4, -0.2) is 44.0 Å². The van der Waals surface area contributed by atoms with Crippen LogP contribution in [0.5, 0.6) is 0 Å². The van der Waals surface area contributed by atoms with Gasteiger partial charge in [0.15, 0.2) is 0 Å². The SMILES string of the molecule is CCCC1CN(c2ncccc2S(N)(=O)=O)CCN1Cc1ccccc1. The van der Waals surface area contributed by atoms with Gasteiger partial charge in [0.1, 0.15) is 10.7 Å². The summed E-state index contributed by atoms with van der Waals surface area (Å²) in [5, 5.41) is 5.38. The molecule has 0 bridgehead atoms. The Bertz CT molecular complexity index is 826. The summed E-state index contributed by atoms with van der Waals surface area (Å²) in [5.41, 5.74) is 1.30. The van der Waals surface area contributed by atoms with Crippen LogP contribution in [0, 0.1) is 0 Å². The van der Waals surface area contributed by atoms with Gasteiger partial charge in [-0.1, -0.05) is 43.7 Å². The van der Waals surface area contributed by atoms with Crippen LogP contribution in [0.4, 0.5) is 5.82 Å². The minimum Gasteiger partial charge on any atom is -0.353 e. The lowest BCUT2D eigenvalue weighted by molar-refractivity contribution is 0.158. The smallest absolute Gasteiger partial charge is 0.241 e. The molecule has 1 unspecified atom stereocenters. The normalized spacial score (nSPS) is 18.8. The molecule has 3 rings (SSSR count). The largest absolute Gasteiger partial charge is 0.353 e. The second-order valence-electron chi connectivity index (χ2n) is 6.71. The maximum atomic E-state index is 11.9. The van der Waals surface area contributed by atoms with Crippen molar-refractivity contribution in [2.24, 2.45) is 5.14 Å². The van der Waals surface area contributed by atoms with Gasteiger partial charge in [0, 0.05) is 38.4 Å². The second kappa shape index (κ2) is 8.16. The molecule has 1 aliphatic heterocycles. The van der Waals surface area contributed by atoms with Gasteiger partial charge in [0.25, 0.3) is 0 Å². The van der Waals surface area contributed by atoms with Crippen molar-refractivity contribution in [1.82, 2.24) is 9.88 Å². The third-order valence-electron chi connectivity index (χ3n) is 4.81. The van der Waals surface area contributed by atoms with Crippen LogP contribution < -0.4 is 10.0 Å². The highest BCUT2D eigenvalue weighted by molar-refractivity contribution is 7.89. The monoisotopic (exact) mass is 374 g/mol. The van der Waals surface area contributed by atoms with Crippen LogP contribution in [0.25, 0.3) is 0 Å². The first-order valence-corrected chi connectivity index (χ1v) is 10.5. The number of anilines is 1. The molecular weight excluding hydrogens is 348 g/mol. The molecule has 0 spiro atoms. The molecule has 140 valence electrons. The van der Waals surface area contributed by atoms with E-state index in [9.17, 15) is 8.42 Å². The highest BCUT2D eigenvalue weighted by Crippen LogP contribution is 2.26. The molecule has 0 radical (unpaired) electrons. The van der Waals surface area contributed by atoms with Crippen LogP contribution in [-0.2, 0) is 16.6 Å². The summed E-state index contributed by atoms with van der Waals surface area (Å²) in [6, 6.07) is 13.9. The third kappa shape index (κ3) is 4.41. The maximum Gasteiger partial charge on any atom is 0.241 e. The van der Waals surface area contributed by atoms with Crippen molar-refractivity contribution in [3.8, 4) is 0 Å². The predicted octanol–water partition coefficient (Wildman–Crippen LogP) is 2.22. The number of aromatic nitrogens is 1. The number of rotatable bonds is 6. The van der Waals surface area contributed by atoms with Crippen molar-refractivity contribution in [3.63, 3.8) is 0 Å². The summed E-state index contributed by atoms with van der Waals surface area (Å²) in [6.07, 6.45) is 3.75. The zero-order valence-corrected chi connectivity index (χ0v) is 15.9. The summed E-state index contributed by atoms with van der Waals surface area (Å²) < 4.78 is 23.8. The van der Waals surface area contributed by atoms with E-state index in [2.05, 4.69) is 46.0 Å². The summed E-state index contributed by atoms with van der Waals surface area (Å²) >= 11 is 0. The Morgan fingerprint density at radius 3 is 2.62 bits per heavy atom. The molecule has 26 heavy (non-hydrogen) atoms. The fraction of sp³-hybridized carbons (Fsp3) is 0.421. The number of piperazine rings is 1. The molecule has 1 aromatic heterocycles. The van der Waals surface area contributed by atoms with E-state index in [0.717, 1.165) is 39.0 Å². The number of pyridine rings is 1. The number of nitrogens with two attached hydrogens (primary N) is 1. The van der Waals surface area contributed by atoms with Crippen molar-refractivity contribution in [2.75, 3.05) is 24.5 Å². The van der Waals surface area contributed by atoms with Gasteiger partial charge in [-0.15, -0.1) is 0 Å². The molecule has 1 aromatic carbocycles. The molecule has 0 saturated carbocycles. The van der Waals surface area contributed by atoms with Crippen molar-refractivity contribution >= 4 is 15.8 Å². The number of hydrogen-bond donors (Lipinski definition) is 1. The topological polar surface area (TPSA) is 79.5 Å². The Labute approximate surface area is 155 Å². The lowest BCUT2D eigenvalue weighted by Crippen LogP contribution is -2.53. The first-order valence-electron chi connectivity index (χ1n) is 8.99. The summed E-state index contributed by atoms with van der Waals surface area (Å²) in [5.74, 6) is 0.468. The molecule has 1 fully saturated rings. The van der Waals surface area contributed by atoms with Crippen molar-refractivity contribution in [1.29, 1.82) is 0 Å². The molecule has 2 aromatic rings. The first-order chi connectivity index (χ1) is 12.5. The van der Waals surface area contributed by atoms with E-state index in [1.807, 2.05) is 6.07 Å². The van der Waals surface area contributed by atoms with Crippen LogP contribution >= 0.6 is 0 Å². The van der Waals surface area contributed by atoms with E-state index < -0.39 is 10.0 Å². The standard InChI is InChI=1S/C19H26N4O2S/c1-2-7-17-15-23(19-18(26(20,24)25)10-6-11-21-19)13-12-22(17)14-16-8-4-3-5-9-16/h3-6,8-11,17H,2,7,12-15H2,1H3,(H2,20,24,25). The Balaban J connectivity index is 1.80. The Morgan fingerprint density at radius 2 is 1.92 bits per heavy atom. The lowest BCUT2D eigenvalue weighted by Gasteiger charge is -2.42. The summed E-state index contributed by atoms with van der Waals surface area (Å²) in [6.45, 7) is 5.42. The molecule has 2 heterocycles. The molecule has 1 aliphatic rings. The summed E-state index contributed by atoms with van der Waals surface area (Å²) in [7, 11) is -3.79. The first kappa shape index (κ1) is 18.8. The quantitative estimate of drug-likeness (QED) is 0.839. The van der Waals surface area contributed by atoms with E-state index in [4.69, 9.17) is 5.14 Å². The average Bonchev–Trinajstić information content (AvgIpc) is 2.63. The van der Waals surface area contributed by atoms with Gasteiger partial charge >= 0.3 is 0 Å². The van der Waals surface area contributed by atoms with E-state index in [0.29, 0.717) is 11.9 Å². The van der Waals surface area contributed by atoms with Crippen LogP contribution in [0.1, 0.15) is 25.3 Å². The number of sulfonamides is 1. The number of nitrogens with zero attached hydrogens (tertiary/aromatic N) is 3. The Hall–Kier alpha value is -1.96. The molecule has 0 amide bonds. The van der Waals surface area contributed by atoms with Crippen LogP contribution in [0.3, 0.4) is 0 Å². The van der Waals surface area contributed by atoms with Gasteiger partial charge in [-0.05, 0) is 24.1 Å². The fourth-order valence-electron chi connectivity index (χ4n) is 3.56. The molecule has 1 atom stereocenters. The molecule has 1 saturated heterocycles. The molecule has 0 aliphatic carbocycles. The van der Waals surface area contributed by atoms with Gasteiger partial charge in [0.2, 0.25) is 10.0 Å². The van der Waals surface area contributed by atoms with E-state index in [-0.39, 0.29) is 4.90 Å². The second-order valence-corrected chi connectivity index (χ2v) is 8.24. The van der Waals surface area contributed by atoms with Gasteiger partial charge < -0.3 is 4.90 Å². The Morgan fingerprint density at radius 1 is 1.15 bits per heavy atom. The fourth-order valence-corrected chi connectivity index (χ4v) is 4.26. The zero-order chi connectivity index (χ0) is 18.6.